The molecule has 2 atom stereocenters. The van der Waals surface area contributed by atoms with Gasteiger partial charge in [-0.3, -0.25) is 9.69 Å². The van der Waals surface area contributed by atoms with E-state index >= 15 is 0 Å². The maximum atomic E-state index is 13.2. The number of Topliss-reactive ketones (excluding diaryl/α,β-unsaturated/α-hetero) is 1. The maximum Gasteiger partial charge on any atom is 0.416 e. The van der Waals surface area contributed by atoms with Crippen LogP contribution in [0.15, 0.2) is 48.5 Å². The number of methoxy groups -OCH3 is 1. The molecule has 2 saturated heterocycles. The molecule has 0 spiro atoms. The van der Waals surface area contributed by atoms with E-state index in [0.29, 0.717) is 24.9 Å². The van der Waals surface area contributed by atoms with Crippen molar-refractivity contribution in [2.75, 3.05) is 7.11 Å². The number of rotatable bonds is 5. The third-order valence-electron chi connectivity index (χ3n) is 6.22. The van der Waals surface area contributed by atoms with Crippen LogP contribution in [0.5, 0.6) is 5.75 Å². The van der Waals surface area contributed by atoms with Crippen molar-refractivity contribution in [3.05, 3.63) is 65.2 Å². The summed E-state index contributed by atoms with van der Waals surface area (Å²) in [5, 5.41) is 0. The summed E-state index contributed by atoms with van der Waals surface area (Å²) in [4.78, 5) is 15.6. The quantitative estimate of drug-likeness (QED) is 0.631. The lowest BCUT2D eigenvalue weighted by atomic mass is 9.84. The third-order valence-corrected chi connectivity index (χ3v) is 6.22. The summed E-state index contributed by atoms with van der Waals surface area (Å²) in [7, 11) is 1.31. The number of fused-ring (bicyclic) bond motifs is 2. The van der Waals surface area contributed by atoms with E-state index in [4.69, 9.17) is 4.74 Å². The van der Waals surface area contributed by atoms with Gasteiger partial charge in [-0.05, 0) is 49.4 Å². The van der Waals surface area contributed by atoms with Crippen LogP contribution in [-0.4, -0.2) is 29.9 Å². The summed E-state index contributed by atoms with van der Waals surface area (Å²) in [6.07, 6.45) is -1.05. The highest BCUT2D eigenvalue weighted by Gasteiger charge is 2.43. The molecular weight excluding hydrogens is 379 g/mol. The topological polar surface area (TPSA) is 29.5 Å². The molecule has 2 aromatic carbocycles. The molecule has 2 aromatic rings. The van der Waals surface area contributed by atoms with Gasteiger partial charge in [0.1, 0.15) is 5.75 Å². The average molecular weight is 403 g/mol. The van der Waals surface area contributed by atoms with Gasteiger partial charge in [0.05, 0.1) is 12.7 Å². The van der Waals surface area contributed by atoms with Crippen LogP contribution in [0, 0.1) is 5.92 Å². The molecule has 2 heterocycles. The molecule has 2 aliphatic heterocycles. The van der Waals surface area contributed by atoms with Gasteiger partial charge < -0.3 is 4.74 Å². The first-order chi connectivity index (χ1) is 13.8. The minimum Gasteiger partial charge on any atom is -0.497 e. The number of halogens is 3. The van der Waals surface area contributed by atoms with Gasteiger partial charge in [-0.2, -0.15) is 13.2 Å². The summed E-state index contributed by atoms with van der Waals surface area (Å²) in [6, 6.07) is 14.2. The Hall–Kier alpha value is -2.34. The largest absolute Gasteiger partial charge is 0.497 e. The number of carbonyl (C=O) groups excluding carboxylic acids is 1. The Morgan fingerprint density at radius 1 is 1.07 bits per heavy atom. The van der Waals surface area contributed by atoms with Crippen LogP contribution < -0.4 is 4.74 Å². The number of ether oxygens (including phenoxy) is 1. The van der Waals surface area contributed by atoms with Crippen molar-refractivity contribution in [3.8, 4) is 5.75 Å². The summed E-state index contributed by atoms with van der Waals surface area (Å²) >= 11 is 0. The second-order valence-electron chi connectivity index (χ2n) is 8.02. The Bertz CT molecular complexity index is 867. The minimum atomic E-state index is -4.51. The molecule has 0 radical (unpaired) electrons. The van der Waals surface area contributed by atoms with Gasteiger partial charge >= 0.3 is 6.18 Å². The average Bonchev–Trinajstić information content (AvgIpc) is 2.94. The predicted octanol–water partition coefficient (Wildman–Crippen LogP) is 5.34. The Labute approximate surface area is 168 Å². The highest BCUT2D eigenvalue weighted by atomic mass is 19.4. The molecule has 29 heavy (non-hydrogen) atoms. The van der Waals surface area contributed by atoms with E-state index in [9.17, 15) is 18.0 Å². The number of nitrogens with zero attached hydrogens (tertiary/aromatic N) is 1. The number of hydrogen-bond acceptors (Lipinski definition) is 3. The van der Waals surface area contributed by atoms with E-state index in [1.165, 1.54) is 18.7 Å². The number of ketones is 1. The zero-order valence-electron chi connectivity index (χ0n) is 16.3. The lowest BCUT2D eigenvalue weighted by Gasteiger charge is -2.38. The van der Waals surface area contributed by atoms with Gasteiger partial charge in [-0.1, -0.05) is 30.3 Å². The Balaban J connectivity index is 1.52. The summed E-state index contributed by atoms with van der Waals surface area (Å²) in [5.41, 5.74) is 0.499. The molecule has 0 aromatic heterocycles. The molecule has 2 unspecified atom stereocenters. The molecule has 2 bridgehead atoms. The first-order valence-electron chi connectivity index (χ1n) is 9.95. The lowest BCUT2D eigenvalue weighted by Crippen LogP contribution is -2.44. The van der Waals surface area contributed by atoms with Crippen molar-refractivity contribution in [1.29, 1.82) is 0 Å². The highest BCUT2D eigenvalue weighted by Crippen LogP contribution is 2.41. The SMILES string of the molecule is COc1cc(C(=O)C2CC3CCC(C2)N3Cc2ccccc2)cc(C(F)(F)F)c1. The standard InChI is InChI=1S/C23H24F3NO2/c1-29-21-12-16(9-18(13-21)23(24,25)26)22(28)17-10-19-7-8-20(11-17)27(19)14-15-5-3-2-4-6-15/h2-6,9,12-13,17,19-20H,7-8,10-11,14H2,1H3. The molecule has 0 aliphatic carbocycles. The molecule has 0 amide bonds. The Morgan fingerprint density at radius 2 is 1.72 bits per heavy atom. The predicted molar refractivity (Wildman–Crippen MR) is 104 cm³/mol. The molecular formula is C23H24F3NO2. The van der Waals surface area contributed by atoms with Gasteiger partial charge in [0.2, 0.25) is 0 Å². The van der Waals surface area contributed by atoms with E-state index in [2.05, 4.69) is 17.0 Å². The van der Waals surface area contributed by atoms with Crippen molar-refractivity contribution in [2.24, 2.45) is 5.92 Å². The number of carbonyl (C=O) groups is 1. The zero-order chi connectivity index (χ0) is 20.6. The fourth-order valence-electron chi connectivity index (χ4n) is 4.80. The van der Waals surface area contributed by atoms with E-state index in [1.54, 1.807) is 0 Å². The van der Waals surface area contributed by atoms with Crippen molar-refractivity contribution < 1.29 is 22.7 Å². The van der Waals surface area contributed by atoms with Gasteiger partial charge in [-0.25, -0.2) is 0 Å². The van der Waals surface area contributed by atoms with Gasteiger partial charge in [0.15, 0.2) is 5.78 Å². The van der Waals surface area contributed by atoms with Crippen LogP contribution in [0.4, 0.5) is 13.2 Å². The number of benzene rings is 2. The van der Waals surface area contributed by atoms with Crippen molar-refractivity contribution >= 4 is 5.78 Å². The first kappa shape index (κ1) is 20.0. The third kappa shape index (κ3) is 4.17. The molecule has 2 aliphatic rings. The van der Waals surface area contributed by atoms with Crippen LogP contribution >= 0.6 is 0 Å². The van der Waals surface area contributed by atoms with Gasteiger partial charge in [0, 0.05) is 30.1 Å². The van der Waals surface area contributed by atoms with Crippen molar-refractivity contribution in [2.45, 2.75) is 50.5 Å². The summed E-state index contributed by atoms with van der Waals surface area (Å²) in [5.74, 6) is -0.383. The molecule has 2 fully saturated rings. The smallest absolute Gasteiger partial charge is 0.416 e. The van der Waals surface area contributed by atoms with Gasteiger partial charge in [0.25, 0.3) is 0 Å². The monoisotopic (exact) mass is 403 g/mol. The second kappa shape index (κ2) is 7.82. The van der Waals surface area contributed by atoms with Gasteiger partial charge in [-0.15, -0.1) is 0 Å². The molecule has 4 rings (SSSR count). The van der Waals surface area contributed by atoms with Crippen molar-refractivity contribution in [3.63, 3.8) is 0 Å². The molecule has 154 valence electrons. The van der Waals surface area contributed by atoms with Crippen LogP contribution in [0.25, 0.3) is 0 Å². The van der Waals surface area contributed by atoms with E-state index in [-0.39, 0.29) is 23.0 Å². The van der Waals surface area contributed by atoms with E-state index in [1.807, 2.05) is 18.2 Å². The fraction of sp³-hybridized carbons (Fsp3) is 0.435. The molecule has 0 N–H and O–H groups in total. The Morgan fingerprint density at radius 3 is 2.31 bits per heavy atom. The maximum absolute atomic E-state index is 13.2. The number of alkyl halides is 3. The van der Waals surface area contributed by atoms with E-state index in [0.717, 1.165) is 31.5 Å². The Kier molecular flexibility index (Phi) is 5.38. The normalized spacial score (nSPS) is 24.5. The van der Waals surface area contributed by atoms with Crippen LogP contribution in [0.2, 0.25) is 0 Å². The van der Waals surface area contributed by atoms with Crippen LogP contribution in [0.3, 0.4) is 0 Å². The summed E-state index contributed by atoms with van der Waals surface area (Å²) in [6.45, 7) is 0.856. The fourth-order valence-corrected chi connectivity index (χ4v) is 4.80. The van der Waals surface area contributed by atoms with Crippen molar-refractivity contribution in [1.82, 2.24) is 4.90 Å². The van der Waals surface area contributed by atoms with Crippen LogP contribution in [-0.2, 0) is 12.7 Å². The van der Waals surface area contributed by atoms with Crippen LogP contribution in [0.1, 0.15) is 47.2 Å². The highest BCUT2D eigenvalue weighted by molar-refractivity contribution is 5.98. The molecule has 6 heteroatoms. The lowest BCUT2D eigenvalue weighted by molar-refractivity contribution is -0.137. The number of piperidine rings is 1. The minimum absolute atomic E-state index is 0.0626. The summed E-state index contributed by atoms with van der Waals surface area (Å²) < 4.78 is 44.6. The molecule has 3 nitrogen and oxygen atoms in total. The first-order valence-corrected chi connectivity index (χ1v) is 9.95. The van der Waals surface area contributed by atoms with E-state index < -0.39 is 11.7 Å². The zero-order valence-corrected chi connectivity index (χ0v) is 16.3. The number of hydrogen-bond donors (Lipinski definition) is 0. The second-order valence-corrected chi connectivity index (χ2v) is 8.02. The molecule has 0 saturated carbocycles.